The van der Waals surface area contributed by atoms with Gasteiger partial charge < -0.3 is 19.9 Å². The molecule has 1 aromatic heterocycles. The number of anilines is 1. The van der Waals surface area contributed by atoms with Crippen molar-refractivity contribution in [1.29, 1.82) is 0 Å². The first-order chi connectivity index (χ1) is 11.7. The predicted molar refractivity (Wildman–Crippen MR) is 92.3 cm³/mol. The second-order valence-electron chi connectivity index (χ2n) is 6.10. The maximum absolute atomic E-state index is 12.7. The fourth-order valence-corrected chi connectivity index (χ4v) is 3.93. The van der Waals surface area contributed by atoms with Gasteiger partial charge in [-0.05, 0) is 19.8 Å². The van der Waals surface area contributed by atoms with Gasteiger partial charge in [0.2, 0.25) is 5.91 Å². The number of hydrogen-bond acceptors (Lipinski definition) is 6. The Labute approximate surface area is 146 Å². The van der Waals surface area contributed by atoms with Crippen LogP contribution in [0.15, 0.2) is 5.38 Å². The molecule has 1 aromatic rings. The van der Waals surface area contributed by atoms with E-state index in [1.807, 2.05) is 11.8 Å². The molecule has 7 nitrogen and oxygen atoms in total. The molecule has 132 valence electrons. The molecule has 2 aliphatic rings. The lowest BCUT2D eigenvalue weighted by atomic mass is 9.96. The van der Waals surface area contributed by atoms with Crippen molar-refractivity contribution in [3.63, 3.8) is 0 Å². The number of amides is 2. The molecule has 0 bridgehead atoms. The summed E-state index contributed by atoms with van der Waals surface area (Å²) in [6.07, 6.45) is 1.70. The first-order valence-electron chi connectivity index (χ1n) is 8.54. The van der Waals surface area contributed by atoms with Crippen LogP contribution in [0.1, 0.15) is 30.3 Å². The smallest absolute Gasteiger partial charge is 0.273 e. The van der Waals surface area contributed by atoms with E-state index < -0.39 is 0 Å². The average Bonchev–Trinajstić information content (AvgIpc) is 3.10. The average molecular weight is 352 g/mol. The number of carbonyl (C=O) groups excluding carboxylic acids is 2. The summed E-state index contributed by atoms with van der Waals surface area (Å²) in [6.45, 7) is 6.47. The van der Waals surface area contributed by atoms with E-state index >= 15 is 0 Å². The molecule has 1 N–H and O–H groups in total. The summed E-state index contributed by atoms with van der Waals surface area (Å²) in [5, 5.41) is 5.67. The standard InChI is InChI=1S/C16H24N4O3S/c1-2-17-16-18-13(11-24-16)15(22)20-5-3-4-12(10-20)14(21)19-6-8-23-9-7-19/h11-12H,2-10H2,1H3,(H,17,18). The second-order valence-corrected chi connectivity index (χ2v) is 6.95. The van der Waals surface area contributed by atoms with E-state index in [1.165, 1.54) is 11.3 Å². The number of hydrogen-bond donors (Lipinski definition) is 1. The summed E-state index contributed by atoms with van der Waals surface area (Å²) in [5.41, 5.74) is 0.468. The van der Waals surface area contributed by atoms with E-state index in [0.29, 0.717) is 45.1 Å². The van der Waals surface area contributed by atoms with Crippen LogP contribution in [0.4, 0.5) is 5.13 Å². The number of piperidine rings is 1. The molecule has 2 saturated heterocycles. The molecule has 2 fully saturated rings. The Balaban J connectivity index is 1.61. The number of aromatic nitrogens is 1. The highest BCUT2D eigenvalue weighted by Crippen LogP contribution is 2.23. The highest BCUT2D eigenvalue weighted by atomic mass is 32.1. The number of morpholine rings is 1. The zero-order valence-corrected chi connectivity index (χ0v) is 14.8. The summed E-state index contributed by atoms with van der Waals surface area (Å²) in [6, 6.07) is 0. The van der Waals surface area contributed by atoms with Gasteiger partial charge in [0.15, 0.2) is 5.13 Å². The number of nitrogens with one attached hydrogen (secondary N) is 1. The molecule has 2 aliphatic heterocycles. The zero-order chi connectivity index (χ0) is 16.9. The van der Waals surface area contributed by atoms with Crippen LogP contribution in [0.3, 0.4) is 0 Å². The first-order valence-corrected chi connectivity index (χ1v) is 9.42. The normalized spacial score (nSPS) is 21.6. The third-order valence-electron chi connectivity index (χ3n) is 4.43. The molecular formula is C16H24N4O3S. The third-order valence-corrected chi connectivity index (χ3v) is 5.23. The number of nitrogens with zero attached hydrogens (tertiary/aromatic N) is 3. The van der Waals surface area contributed by atoms with E-state index in [1.54, 1.807) is 10.3 Å². The molecule has 0 aromatic carbocycles. The highest BCUT2D eigenvalue weighted by Gasteiger charge is 2.32. The van der Waals surface area contributed by atoms with Gasteiger partial charge >= 0.3 is 0 Å². The fourth-order valence-electron chi connectivity index (χ4n) is 3.17. The fraction of sp³-hybridized carbons (Fsp3) is 0.688. The maximum Gasteiger partial charge on any atom is 0.273 e. The van der Waals surface area contributed by atoms with Crippen LogP contribution in [0.5, 0.6) is 0 Å². The van der Waals surface area contributed by atoms with Crippen molar-refractivity contribution in [2.45, 2.75) is 19.8 Å². The lowest BCUT2D eigenvalue weighted by Crippen LogP contribution is -2.49. The Morgan fingerprint density at radius 1 is 1.33 bits per heavy atom. The topological polar surface area (TPSA) is 74.8 Å². The number of carbonyl (C=O) groups is 2. The Morgan fingerprint density at radius 3 is 2.88 bits per heavy atom. The first kappa shape index (κ1) is 17.2. The molecule has 0 radical (unpaired) electrons. The zero-order valence-electron chi connectivity index (χ0n) is 14.0. The molecular weight excluding hydrogens is 328 g/mol. The number of ether oxygens (including phenoxy) is 1. The molecule has 0 saturated carbocycles. The Morgan fingerprint density at radius 2 is 2.12 bits per heavy atom. The predicted octanol–water partition coefficient (Wildman–Crippen LogP) is 1.29. The molecule has 3 heterocycles. The number of thiazole rings is 1. The molecule has 1 unspecified atom stereocenters. The van der Waals surface area contributed by atoms with Crippen molar-refractivity contribution in [1.82, 2.24) is 14.8 Å². The van der Waals surface area contributed by atoms with E-state index in [9.17, 15) is 9.59 Å². The maximum atomic E-state index is 12.7. The lowest BCUT2D eigenvalue weighted by molar-refractivity contribution is -0.141. The van der Waals surface area contributed by atoms with Crippen molar-refractivity contribution in [3.05, 3.63) is 11.1 Å². The Kier molecular flexibility index (Phi) is 5.68. The SMILES string of the molecule is CCNc1nc(C(=O)N2CCCC(C(=O)N3CCOCC3)C2)cs1. The highest BCUT2D eigenvalue weighted by molar-refractivity contribution is 7.13. The van der Waals surface area contributed by atoms with Gasteiger partial charge in [-0.2, -0.15) is 0 Å². The van der Waals surface area contributed by atoms with Gasteiger partial charge in [-0.15, -0.1) is 11.3 Å². The van der Waals surface area contributed by atoms with Gasteiger partial charge in [-0.3, -0.25) is 9.59 Å². The van der Waals surface area contributed by atoms with Crippen molar-refractivity contribution in [3.8, 4) is 0 Å². The minimum Gasteiger partial charge on any atom is -0.378 e. The van der Waals surface area contributed by atoms with Crippen LogP contribution in [-0.2, 0) is 9.53 Å². The van der Waals surface area contributed by atoms with Gasteiger partial charge in [-0.1, -0.05) is 0 Å². The van der Waals surface area contributed by atoms with Crippen molar-refractivity contribution in [2.75, 3.05) is 51.3 Å². The minimum atomic E-state index is -0.104. The summed E-state index contributed by atoms with van der Waals surface area (Å²) in [5.74, 6) is -0.0232. The molecule has 1 atom stereocenters. The summed E-state index contributed by atoms with van der Waals surface area (Å²) in [4.78, 5) is 33.3. The number of rotatable bonds is 4. The van der Waals surface area contributed by atoms with Crippen LogP contribution in [0.2, 0.25) is 0 Å². The van der Waals surface area contributed by atoms with Crippen LogP contribution >= 0.6 is 11.3 Å². The van der Waals surface area contributed by atoms with E-state index in [0.717, 1.165) is 24.5 Å². The molecule has 0 spiro atoms. The van der Waals surface area contributed by atoms with E-state index in [4.69, 9.17) is 4.74 Å². The van der Waals surface area contributed by atoms with Gasteiger partial charge in [0.1, 0.15) is 5.69 Å². The summed E-state index contributed by atoms with van der Waals surface area (Å²) >= 11 is 1.44. The number of likely N-dealkylation sites (tertiary alicyclic amines) is 1. The monoisotopic (exact) mass is 352 g/mol. The van der Waals surface area contributed by atoms with E-state index in [2.05, 4.69) is 10.3 Å². The van der Waals surface area contributed by atoms with Crippen LogP contribution in [0, 0.1) is 5.92 Å². The molecule has 3 rings (SSSR count). The summed E-state index contributed by atoms with van der Waals surface area (Å²) in [7, 11) is 0. The lowest BCUT2D eigenvalue weighted by Gasteiger charge is -2.36. The van der Waals surface area contributed by atoms with Crippen LogP contribution in [0.25, 0.3) is 0 Å². The van der Waals surface area contributed by atoms with Gasteiger partial charge in [-0.25, -0.2) is 4.98 Å². The Hall–Kier alpha value is -1.67. The molecule has 24 heavy (non-hydrogen) atoms. The quantitative estimate of drug-likeness (QED) is 0.884. The van der Waals surface area contributed by atoms with Gasteiger partial charge in [0.25, 0.3) is 5.91 Å². The third kappa shape index (κ3) is 3.87. The largest absolute Gasteiger partial charge is 0.378 e. The van der Waals surface area contributed by atoms with Crippen LogP contribution in [-0.4, -0.2) is 72.5 Å². The molecule has 8 heteroatoms. The Bertz CT molecular complexity index is 586. The van der Waals surface area contributed by atoms with Gasteiger partial charge in [0.05, 0.1) is 19.1 Å². The molecule has 0 aliphatic carbocycles. The molecule has 2 amide bonds. The van der Waals surface area contributed by atoms with Crippen molar-refractivity contribution in [2.24, 2.45) is 5.92 Å². The second kappa shape index (κ2) is 7.94. The summed E-state index contributed by atoms with van der Waals surface area (Å²) < 4.78 is 5.31. The minimum absolute atomic E-state index is 0.0742. The van der Waals surface area contributed by atoms with Crippen molar-refractivity contribution >= 4 is 28.3 Å². The van der Waals surface area contributed by atoms with Gasteiger partial charge in [0, 0.05) is 38.1 Å². The van der Waals surface area contributed by atoms with E-state index in [-0.39, 0.29) is 17.7 Å². The van der Waals surface area contributed by atoms with Crippen molar-refractivity contribution < 1.29 is 14.3 Å². The van der Waals surface area contributed by atoms with Crippen LogP contribution < -0.4 is 5.32 Å².